The maximum absolute atomic E-state index is 13.2. The molecule has 0 saturated carbocycles. The Morgan fingerprint density at radius 2 is 2.00 bits per heavy atom. The van der Waals surface area contributed by atoms with Gasteiger partial charge in [0, 0.05) is 22.8 Å². The van der Waals surface area contributed by atoms with E-state index in [-0.39, 0.29) is 11.6 Å². The molecule has 0 aliphatic heterocycles. The highest BCUT2D eigenvalue weighted by molar-refractivity contribution is 6.30. The van der Waals surface area contributed by atoms with Crippen molar-refractivity contribution in [2.75, 3.05) is 5.32 Å². The lowest BCUT2D eigenvalue weighted by Crippen LogP contribution is -2.00. The molecule has 0 amide bonds. The molecule has 4 heteroatoms. The molecule has 0 saturated heterocycles. The predicted molar refractivity (Wildman–Crippen MR) is 71.6 cm³/mol. The van der Waals surface area contributed by atoms with Crippen LogP contribution in [0, 0.1) is 12.7 Å². The minimum atomic E-state index is -0.284. The Morgan fingerprint density at radius 3 is 2.72 bits per heavy atom. The molecule has 0 fully saturated rings. The molecule has 0 atom stereocenters. The molecule has 0 aliphatic carbocycles. The van der Waals surface area contributed by atoms with E-state index < -0.39 is 0 Å². The smallest absolute Gasteiger partial charge is 0.125 e. The first-order valence-corrected chi connectivity index (χ1v) is 5.91. The summed E-state index contributed by atoms with van der Waals surface area (Å²) in [6, 6.07) is 9.54. The maximum atomic E-state index is 13.2. The van der Waals surface area contributed by atoms with Crippen LogP contribution in [-0.4, -0.2) is 5.11 Å². The molecule has 0 heterocycles. The Kier molecular flexibility index (Phi) is 3.72. The van der Waals surface area contributed by atoms with Crippen LogP contribution < -0.4 is 5.32 Å². The van der Waals surface area contributed by atoms with E-state index in [9.17, 15) is 9.50 Å². The molecule has 0 unspecified atom stereocenters. The Balaban J connectivity index is 2.13. The molecule has 94 valence electrons. The summed E-state index contributed by atoms with van der Waals surface area (Å²) in [5.41, 5.74) is 2.18. The lowest BCUT2D eigenvalue weighted by molar-refractivity contribution is 0.469. The second-order valence-electron chi connectivity index (χ2n) is 4.14. The zero-order valence-corrected chi connectivity index (χ0v) is 10.6. The molecule has 0 radical (unpaired) electrons. The third-order valence-corrected chi connectivity index (χ3v) is 2.80. The Morgan fingerprint density at radius 1 is 1.22 bits per heavy atom. The molecule has 0 aromatic heterocycles. The zero-order valence-electron chi connectivity index (χ0n) is 9.87. The lowest BCUT2D eigenvalue weighted by Gasteiger charge is -2.09. The number of benzene rings is 2. The second kappa shape index (κ2) is 5.27. The van der Waals surface area contributed by atoms with Crippen molar-refractivity contribution in [3.8, 4) is 5.75 Å². The van der Waals surface area contributed by atoms with Gasteiger partial charge in [0.25, 0.3) is 0 Å². The molecular weight excluding hydrogens is 253 g/mol. The molecule has 2 aromatic carbocycles. The van der Waals surface area contributed by atoms with Crippen molar-refractivity contribution in [3.63, 3.8) is 0 Å². The van der Waals surface area contributed by atoms with Gasteiger partial charge in [-0.2, -0.15) is 0 Å². The van der Waals surface area contributed by atoms with Crippen LogP contribution in [0.1, 0.15) is 11.1 Å². The number of nitrogens with one attached hydrogen (secondary N) is 1. The van der Waals surface area contributed by atoms with E-state index in [0.29, 0.717) is 22.8 Å². The monoisotopic (exact) mass is 265 g/mol. The summed E-state index contributed by atoms with van der Waals surface area (Å²) >= 11 is 5.85. The first kappa shape index (κ1) is 12.7. The SMILES string of the molecule is Cc1cc(F)cc(NCc2cc(Cl)ccc2O)c1. The number of halogens is 2. The predicted octanol–water partition coefficient (Wildman–Crippen LogP) is 4.11. The largest absolute Gasteiger partial charge is 0.508 e. The normalized spacial score (nSPS) is 10.4. The Labute approximate surface area is 110 Å². The van der Waals surface area contributed by atoms with Crippen LogP contribution >= 0.6 is 11.6 Å². The van der Waals surface area contributed by atoms with Crippen molar-refractivity contribution in [2.45, 2.75) is 13.5 Å². The first-order valence-electron chi connectivity index (χ1n) is 5.53. The molecule has 2 N–H and O–H groups in total. The fourth-order valence-electron chi connectivity index (χ4n) is 1.73. The summed E-state index contributed by atoms with van der Waals surface area (Å²) in [6.45, 7) is 2.21. The number of aromatic hydroxyl groups is 1. The average molecular weight is 266 g/mol. The summed E-state index contributed by atoms with van der Waals surface area (Å²) < 4.78 is 13.2. The van der Waals surface area contributed by atoms with Gasteiger partial charge in [-0.05, 0) is 48.9 Å². The highest BCUT2D eigenvalue weighted by atomic mass is 35.5. The van der Waals surface area contributed by atoms with E-state index in [4.69, 9.17) is 11.6 Å². The topological polar surface area (TPSA) is 32.3 Å². The van der Waals surface area contributed by atoms with Crippen LogP contribution in [0.5, 0.6) is 5.75 Å². The standard InChI is InChI=1S/C14H13ClFNO/c1-9-4-12(16)7-13(5-9)17-8-10-6-11(15)2-3-14(10)18/h2-7,17-18H,8H2,1H3. The van der Waals surface area contributed by atoms with Gasteiger partial charge in [-0.25, -0.2) is 4.39 Å². The third-order valence-electron chi connectivity index (χ3n) is 2.57. The third kappa shape index (κ3) is 3.14. The number of hydrogen-bond acceptors (Lipinski definition) is 2. The van der Waals surface area contributed by atoms with Gasteiger partial charge in [-0.1, -0.05) is 11.6 Å². The van der Waals surface area contributed by atoms with Gasteiger partial charge in [0.2, 0.25) is 0 Å². The maximum Gasteiger partial charge on any atom is 0.125 e. The van der Waals surface area contributed by atoms with Gasteiger partial charge >= 0.3 is 0 Å². The van der Waals surface area contributed by atoms with E-state index in [1.54, 1.807) is 12.1 Å². The molecule has 18 heavy (non-hydrogen) atoms. The Hall–Kier alpha value is -1.74. The quantitative estimate of drug-likeness (QED) is 0.875. The zero-order chi connectivity index (χ0) is 13.1. The van der Waals surface area contributed by atoms with Crippen molar-refractivity contribution in [3.05, 3.63) is 58.4 Å². The second-order valence-corrected chi connectivity index (χ2v) is 4.58. The first-order chi connectivity index (χ1) is 8.54. The fourth-order valence-corrected chi connectivity index (χ4v) is 1.93. The lowest BCUT2D eigenvalue weighted by atomic mass is 10.2. The summed E-state index contributed by atoms with van der Waals surface area (Å²) in [4.78, 5) is 0. The van der Waals surface area contributed by atoms with Crippen molar-refractivity contribution in [1.82, 2.24) is 0 Å². The molecule has 0 spiro atoms. The van der Waals surface area contributed by atoms with E-state index in [1.807, 2.05) is 13.0 Å². The van der Waals surface area contributed by atoms with Crippen LogP contribution in [0.15, 0.2) is 36.4 Å². The minimum absolute atomic E-state index is 0.167. The van der Waals surface area contributed by atoms with Crippen molar-refractivity contribution in [2.24, 2.45) is 0 Å². The summed E-state index contributed by atoms with van der Waals surface area (Å²) in [5, 5.41) is 13.3. The highest BCUT2D eigenvalue weighted by Crippen LogP contribution is 2.23. The molecule has 0 bridgehead atoms. The van der Waals surface area contributed by atoms with Gasteiger partial charge in [-0.15, -0.1) is 0 Å². The van der Waals surface area contributed by atoms with Crippen LogP contribution in [-0.2, 0) is 6.54 Å². The highest BCUT2D eigenvalue weighted by Gasteiger charge is 2.03. The van der Waals surface area contributed by atoms with Gasteiger partial charge in [-0.3, -0.25) is 0 Å². The van der Waals surface area contributed by atoms with Crippen molar-refractivity contribution < 1.29 is 9.50 Å². The molecular formula is C14H13ClFNO. The molecule has 2 aromatic rings. The number of phenolic OH excluding ortho intramolecular Hbond substituents is 1. The van der Waals surface area contributed by atoms with Crippen LogP contribution in [0.4, 0.5) is 10.1 Å². The van der Waals surface area contributed by atoms with E-state index in [2.05, 4.69) is 5.32 Å². The van der Waals surface area contributed by atoms with Gasteiger partial charge in [0.05, 0.1) is 0 Å². The van der Waals surface area contributed by atoms with Crippen LogP contribution in [0.3, 0.4) is 0 Å². The minimum Gasteiger partial charge on any atom is -0.508 e. The van der Waals surface area contributed by atoms with E-state index in [0.717, 1.165) is 5.56 Å². The number of rotatable bonds is 3. The number of aryl methyl sites for hydroxylation is 1. The number of anilines is 1. The summed E-state index contributed by atoms with van der Waals surface area (Å²) in [5.74, 6) is -0.118. The van der Waals surface area contributed by atoms with E-state index in [1.165, 1.54) is 18.2 Å². The van der Waals surface area contributed by atoms with E-state index >= 15 is 0 Å². The Bertz CT molecular complexity index is 551. The fraction of sp³-hybridized carbons (Fsp3) is 0.143. The molecule has 0 aliphatic rings. The van der Waals surface area contributed by atoms with Crippen LogP contribution in [0.25, 0.3) is 0 Å². The summed E-state index contributed by atoms with van der Waals surface area (Å²) in [6.07, 6.45) is 0. The summed E-state index contributed by atoms with van der Waals surface area (Å²) in [7, 11) is 0. The van der Waals surface area contributed by atoms with Gasteiger partial charge < -0.3 is 10.4 Å². The van der Waals surface area contributed by atoms with Gasteiger partial charge in [0.1, 0.15) is 11.6 Å². The van der Waals surface area contributed by atoms with Crippen molar-refractivity contribution >= 4 is 17.3 Å². The average Bonchev–Trinajstić information content (AvgIpc) is 2.29. The molecule has 2 rings (SSSR count). The number of phenols is 1. The number of hydrogen-bond donors (Lipinski definition) is 2. The van der Waals surface area contributed by atoms with Crippen LogP contribution in [0.2, 0.25) is 5.02 Å². The van der Waals surface area contributed by atoms with Crippen molar-refractivity contribution in [1.29, 1.82) is 0 Å². The van der Waals surface area contributed by atoms with Gasteiger partial charge in [0.15, 0.2) is 0 Å². The molecule has 2 nitrogen and oxygen atoms in total.